The average molecular weight is 597 g/mol. The molecule has 42 heavy (non-hydrogen) atoms. The van der Waals surface area contributed by atoms with Crippen LogP contribution >= 0.6 is 0 Å². The Morgan fingerprint density at radius 3 is 2.14 bits per heavy atom. The molecule has 9 nitrogen and oxygen atoms in total. The molecule has 2 amide bonds. The molecule has 3 aromatic rings. The minimum atomic E-state index is -3.73. The molecule has 0 fully saturated rings. The normalized spacial score (nSPS) is 12.5. The number of hydrogen-bond acceptors (Lipinski definition) is 7. The van der Waals surface area contributed by atoms with E-state index in [1.54, 1.807) is 32.9 Å². The van der Waals surface area contributed by atoms with Crippen LogP contribution in [0.4, 0.5) is 4.79 Å². The molecule has 3 rings (SSSR count). The summed E-state index contributed by atoms with van der Waals surface area (Å²) in [5.74, 6) is -0.486. The van der Waals surface area contributed by atoms with Gasteiger partial charge in [-0.3, -0.25) is 4.79 Å². The van der Waals surface area contributed by atoms with Crippen LogP contribution in [0.5, 0.6) is 5.75 Å². The summed E-state index contributed by atoms with van der Waals surface area (Å²) in [5.41, 5.74) is 2.79. The Morgan fingerprint density at radius 2 is 1.57 bits per heavy atom. The Morgan fingerprint density at radius 1 is 0.952 bits per heavy atom. The number of sulfonamides is 1. The Kier molecular flexibility index (Phi) is 10.8. The highest BCUT2D eigenvalue weighted by molar-refractivity contribution is 7.89. The van der Waals surface area contributed by atoms with Crippen molar-refractivity contribution in [3.63, 3.8) is 0 Å². The summed E-state index contributed by atoms with van der Waals surface area (Å²) in [6.07, 6.45) is -0.131. The first-order valence-electron chi connectivity index (χ1n) is 13.7. The topological polar surface area (TPSA) is 122 Å². The summed E-state index contributed by atoms with van der Waals surface area (Å²) in [6.45, 7) is 9.48. The van der Waals surface area contributed by atoms with E-state index in [4.69, 9.17) is 9.47 Å². The van der Waals surface area contributed by atoms with Gasteiger partial charge in [-0.25, -0.2) is 17.9 Å². The highest BCUT2D eigenvalue weighted by Crippen LogP contribution is 2.29. The maximum Gasteiger partial charge on any atom is 0.410 e. The summed E-state index contributed by atoms with van der Waals surface area (Å²) < 4.78 is 36.5. The molecule has 0 unspecified atom stereocenters. The highest BCUT2D eigenvalue weighted by atomic mass is 32.2. The number of benzene rings is 3. The lowest BCUT2D eigenvalue weighted by Gasteiger charge is -2.29. The summed E-state index contributed by atoms with van der Waals surface area (Å²) in [4.78, 5) is 27.0. The molecule has 0 radical (unpaired) electrons. The fourth-order valence-electron chi connectivity index (χ4n) is 4.17. The van der Waals surface area contributed by atoms with Crippen LogP contribution in [0, 0.1) is 0 Å². The van der Waals surface area contributed by atoms with Crippen molar-refractivity contribution in [2.24, 2.45) is 0 Å². The molecule has 0 aliphatic heterocycles. The van der Waals surface area contributed by atoms with Crippen molar-refractivity contribution in [3.8, 4) is 16.9 Å². The SMILES string of the molecule is CC(C)Oc1cc(-c2ccc(CCN(C[C@H](O)c3ccccc3)C(=O)OC(C)(C)C)cc2)ccc1C(=O)NS(C)(=O)=O. The minimum Gasteiger partial charge on any atom is -0.490 e. The Labute approximate surface area is 248 Å². The van der Waals surface area contributed by atoms with Gasteiger partial charge in [0.05, 0.1) is 30.6 Å². The number of nitrogens with one attached hydrogen (secondary N) is 1. The molecule has 0 saturated carbocycles. The van der Waals surface area contributed by atoms with E-state index in [9.17, 15) is 23.1 Å². The van der Waals surface area contributed by atoms with Crippen molar-refractivity contribution in [1.82, 2.24) is 9.62 Å². The standard InChI is InChI=1S/C32H40N2O7S/c1-22(2)40-29-20-26(16-17-27(29)30(36)33-42(6,38)39)24-14-12-23(13-15-24)18-19-34(31(37)41-32(3,4)5)21-28(35)25-10-8-7-9-11-25/h7-17,20,22,28,35H,18-19,21H2,1-6H3,(H,33,36)/t28-/m0/s1. The van der Waals surface area contributed by atoms with Crippen LogP contribution in [0.1, 0.15) is 62.2 Å². The number of nitrogens with zero attached hydrogens (tertiary/aromatic N) is 1. The van der Waals surface area contributed by atoms with Crippen LogP contribution in [0.25, 0.3) is 11.1 Å². The first-order chi connectivity index (χ1) is 19.6. The van der Waals surface area contributed by atoms with Crippen LogP contribution in [-0.4, -0.2) is 61.5 Å². The lowest BCUT2D eigenvalue weighted by Crippen LogP contribution is -2.40. The molecule has 0 spiro atoms. The molecule has 0 heterocycles. The summed E-state index contributed by atoms with van der Waals surface area (Å²) in [5, 5.41) is 10.8. The van der Waals surface area contributed by atoms with E-state index in [1.165, 1.54) is 11.0 Å². The molecular formula is C32H40N2O7S. The fourth-order valence-corrected chi connectivity index (χ4v) is 4.61. The zero-order chi connectivity index (χ0) is 31.1. The number of rotatable bonds is 11. The first-order valence-corrected chi connectivity index (χ1v) is 15.6. The molecule has 0 saturated heterocycles. The average Bonchev–Trinajstić information content (AvgIpc) is 2.89. The van der Waals surface area contributed by atoms with Crippen molar-refractivity contribution in [3.05, 3.63) is 89.5 Å². The van der Waals surface area contributed by atoms with E-state index >= 15 is 0 Å². The Hall–Kier alpha value is -3.89. The van der Waals surface area contributed by atoms with Crippen molar-refractivity contribution >= 4 is 22.0 Å². The molecule has 1 atom stereocenters. The van der Waals surface area contributed by atoms with Crippen LogP contribution in [0.3, 0.4) is 0 Å². The highest BCUT2D eigenvalue weighted by Gasteiger charge is 2.25. The molecule has 3 aromatic carbocycles. The fraction of sp³-hybridized carbons (Fsp3) is 0.375. The van der Waals surface area contributed by atoms with Gasteiger partial charge in [0.1, 0.15) is 11.4 Å². The van der Waals surface area contributed by atoms with Crippen LogP contribution in [0.15, 0.2) is 72.8 Å². The van der Waals surface area contributed by atoms with Gasteiger partial charge in [-0.05, 0) is 75.4 Å². The van der Waals surface area contributed by atoms with Gasteiger partial charge in [0.25, 0.3) is 5.91 Å². The lowest BCUT2D eigenvalue weighted by atomic mass is 10.0. The van der Waals surface area contributed by atoms with Crippen LogP contribution in [-0.2, 0) is 21.2 Å². The number of aliphatic hydroxyl groups is 1. The monoisotopic (exact) mass is 596 g/mol. The van der Waals surface area contributed by atoms with Crippen LogP contribution in [0.2, 0.25) is 0 Å². The maximum atomic E-state index is 13.0. The van der Waals surface area contributed by atoms with E-state index in [0.29, 0.717) is 13.0 Å². The maximum absolute atomic E-state index is 13.0. The van der Waals surface area contributed by atoms with E-state index in [2.05, 4.69) is 0 Å². The van der Waals surface area contributed by atoms with Gasteiger partial charge in [0.2, 0.25) is 10.0 Å². The quantitative estimate of drug-likeness (QED) is 0.306. The van der Waals surface area contributed by atoms with E-state index in [0.717, 1.165) is 28.5 Å². The predicted molar refractivity (Wildman–Crippen MR) is 163 cm³/mol. The molecule has 0 aromatic heterocycles. The summed E-state index contributed by atoms with van der Waals surface area (Å²) >= 11 is 0. The smallest absolute Gasteiger partial charge is 0.410 e. The van der Waals surface area contributed by atoms with Gasteiger partial charge in [-0.2, -0.15) is 0 Å². The Bertz CT molecular complexity index is 1460. The van der Waals surface area contributed by atoms with Gasteiger partial charge in [0.15, 0.2) is 0 Å². The number of aliphatic hydroxyl groups excluding tert-OH is 1. The van der Waals surface area contributed by atoms with Crippen molar-refractivity contribution in [1.29, 1.82) is 0 Å². The molecule has 0 aliphatic rings. The number of amides is 2. The zero-order valence-corrected chi connectivity index (χ0v) is 25.8. The van der Waals surface area contributed by atoms with Gasteiger partial charge in [-0.15, -0.1) is 0 Å². The predicted octanol–water partition coefficient (Wildman–Crippen LogP) is 5.34. The molecule has 0 bridgehead atoms. The number of ether oxygens (including phenoxy) is 2. The second kappa shape index (κ2) is 13.8. The van der Waals surface area contributed by atoms with E-state index in [-0.39, 0.29) is 24.0 Å². The van der Waals surface area contributed by atoms with Gasteiger partial charge >= 0.3 is 6.09 Å². The minimum absolute atomic E-state index is 0.0922. The Balaban J connectivity index is 1.77. The summed E-state index contributed by atoms with van der Waals surface area (Å²) in [7, 11) is -3.73. The lowest BCUT2D eigenvalue weighted by molar-refractivity contribution is 0.0147. The molecule has 226 valence electrons. The second-order valence-electron chi connectivity index (χ2n) is 11.4. The second-order valence-corrected chi connectivity index (χ2v) is 13.1. The zero-order valence-electron chi connectivity index (χ0n) is 25.0. The van der Waals surface area contributed by atoms with Gasteiger partial charge in [0, 0.05) is 6.54 Å². The van der Waals surface area contributed by atoms with Crippen LogP contribution < -0.4 is 9.46 Å². The van der Waals surface area contributed by atoms with Gasteiger partial charge in [-0.1, -0.05) is 60.7 Å². The molecule has 0 aliphatic carbocycles. The van der Waals surface area contributed by atoms with E-state index < -0.39 is 33.7 Å². The number of carbonyl (C=O) groups excluding carboxylic acids is 2. The van der Waals surface area contributed by atoms with Crippen molar-refractivity contribution < 1.29 is 32.6 Å². The molecular weight excluding hydrogens is 556 g/mol. The third-order valence-corrected chi connectivity index (χ3v) is 6.61. The first kappa shape index (κ1) is 32.6. The third-order valence-electron chi connectivity index (χ3n) is 6.05. The molecule has 2 N–H and O–H groups in total. The van der Waals surface area contributed by atoms with Crippen molar-refractivity contribution in [2.45, 2.75) is 58.8 Å². The van der Waals surface area contributed by atoms with Crippen molar-refractivity contribution in [2.75, 3.05) is 19.3 Å². The molecule has 10 heteroatoms. The van der Waals surface area contributed by atoms with Gasteiger partial charge < -0.3 is 19.5 Å². The third kappa shape index (κ3) is 10.2. The van der Waals surface area contributed by atoms with E-state index in [1.807, 2.05) is 73.2 Å². The number of carbonyl (C=O) groups is 2. The summed E-state index contributed by atoms with van der Waals surface area (Å²) in [6, 6.07) is 21.9. The number of hydrogen-bond donors (Lipinski definition) is 2. The largest absolute Gasteiger partial charge is 0.490 e.